The maximum absolute atomic E-state index is 13.1. The molecule has 0 radical (unpaired) electrons. The van der Waals surface area contributed by atoms with Crippen molar-refractivity contribution in [2.75, 3.05) is 20.2 Å². The number of ether oxygens (including phenoxy) is 1. The fraction of sp³-hybridized carbons (Fsp3) is 0.500. The van der Waals surface area contributed by atoms with E-state index in [0.717, 1.165) is 22.3 Å². The van der Waals surface area contributed by atoms with Gasteiger partial charge >= 0.3 is 0 Å². The van der Waals surface area contributed by atoms with Crippen LogP contribution in [0.1, 0.15) is 11.3 Å². The Kier molecular flexibility index (Phi) is 3.94. The van der Waals surface area contributed by atoms with E-state index in [4.69, 9.17) is 4.74 Å². The van der Waals surface area contributed by atoms with Crippen molar-refractivity contribution in [2.24, 2.45) is 0 Å². The molecule has 0 amide bonds. The van der Waals surface area contributed by atoms with Crippen LogP contribution in [0.2, 0.25) is 0 Å². The maximum Gasteiger partial charge on any atom is 0.239 e. The van der Waals surface area contributed by atoms with E-state index in [1.165, 1.54) is 11.5 Å². The van der Waals surface area contributed by atoms with E-state index in [-0.39, 0.29) is 5.83 Å². The molecule has 2 heterocycles. The normalized spacial score (nSPS) is 17.3. The van der Waals surface area contributed by atoms with Crippen LogP contribution < -0.4 is 4.74 Å². The maximum atomic E-state index is 13.1. The van der Waals surface area contributed by atoms with Gasteiger partial charge in [-0.3, -0.25) is 4.90 Å². The third-order valence-electron chi connectivity index (χ3n) is 2.42. The minimum atomic E-state index is -0.0427. The van der Waals surface area contributed by atoms with Gasteiger partial charge in [-0.25, -0.2) is 4.39 Å². The van der Waals surface area contributed by atoms with Crippen molar-refractivity contribution in [2.45, 2.75) is 13.0 Å². The van der Waals surface area contributed by atoms with Crippen LogP contribution in [0.5, 0.6) is 5.88 Å². The summed E-state index contributed by atoms with van der Waals surface area (Å²) in [6, 6.07) is 0. The van der Waals surface area contributed by atoms with Gasteiger partial charge in [-0.2, -0.15) is 4.37 Å². The third kappa shape index (κ3) is 2.61. The average molecular weight is 307 g/mol. The highest BCUT2D eigenvalue weighted by atomic mass is 79.9. The van der Waals surface area contributed by atoms with Crippen molar-refractivity contribution >= 4 is 27.5 Å². The van der Waals surface area contributed by atoms with E-state index in [9.17, 15) is 4.39 Å². The standard InChI is InChI=1S/C10H12BrFN2OS/c1-15-10-9(11)8(16-13-10)6-14-4-2-3-7(12)5-14/h3H,2,4-6H2,1H3. The summed E-state index contributed by atoms with van der Waals surface area (Å²) < 4.78 is 23.2. The molecule has 2 rings (SSSR count). The topological polar surface area (TPSA) is 25.4 Å². The van der Waals surface area contributed by atoms with Gasteiger partial charge < -0.3 is 4.74 Å². The predicted octanol–water partition coefficient (Wildman–Crippen LogP) is 2.97. The second kappa shape index (κ2) is 5.25. The van der Waals surface area contributed by atoms with E-state index in [1.807, 2.05) is 0 Å². The van der Waals surface area contributed by atoms with E-state index >= 15 is 0 Å². The summed E-state index contributed by atoms with van der Waals surface area (Å²) in [7, 11) is 1.59. The molecule has 1 aromatic heterocycles. The summed E-state index contributed by atoms with van der Waals surface area (Å²) in [6.07, 6.45) is 2.43. The molecule has 0 fully saturated rings. The first-order valence-electron chi connectivity index (χ1n) is 4.95. The molecule has 0 saturated carbocycles. The number of halogens is 2. The molecule has 0 N–H and O–H groups in total. The zero-order chi connectivity index (χ0) is 11.5. The third-order valence-corrected chi connectivity index (χ3v) is 4.31. The first-order valence-corrected chi connectivity index (χ1v) is 6.52. The Balaban J connectivity index is 2.04. The second-order valence-electron chi connectivity index (χ2n) is 3.58. The molecule has 0 saturated heterocycles. The largest absolute Gasteiger partial charge is 0.480 e. The number of methoxy groups -OCH3 is 1. The number of rotatable bonds is 3. The summed E-state index contributed by atoms with van der Waals surface area (Å²) >= 11 is 4.83. The van der Waals surface area contributed by atoms with Crippen LogP contribution in [-0.2, 0) is 6.54 Å². The molecule has 1 aliphatic rings. The molecule has 88 valence electrons. The van der Waals surface area contributed by atoms with E-state index in [1.54, 1.807) is 13.2 Å². The Morgan fingerprint density at radius 2 is 2.50 bits per heavy atom. The minimum absolute atomic E-state index is 0.0427. The molecular weight excluding hydrogens is 295 g/mol. The Hall–Kier alpha value is -0.460. The van der Waals surface area contributed by atoms with Gasteiger partial charge in [0.25, 0.3) is 0 Å². The van der Waals surface area contributed by atoms with E-state index in [2.05, 4.69) is 25.2 Å². The summed E-state index contributed by atoms with van der Waals surface area (Å²) in [6.45, 7) is 2.00. The lowest BCUT2D eigenvalue weighted by Gasteiger charge is -2.23. The first-order chi connectivity index (χ1) is 7.70. The van der Waals surface area contributed by atoms with Crippen molar-refractivity contribution in [1.82, 2.24) is 9.27 Å². The number of hydrogen-bond acceptors (Lipinski definition) is 4. The SMILES string of the molecule is COc1nsc(CN2CCC=C(F)C2)c1Br. The Morgan fingerprint density at radius 3 is 3.12 bits per heavy atom. The molecule has 6 heteroatoms. The molecule has 0 aliphatic carbocycles. The van der Waals surface area contributed by atoms with Crippen LogP contribution >= 0.6 is 27.5 Å². The van der Waals surface area contributed by atoms with Gasteiger partial charge in [0.15, 0.2) is 0 Å². The summed E-state index contributed by atoms with van der Waals surface area (Å²) in [5.41, 5.74) is 0. The van der Waals surface area contributed by atoms with Crippen LogP contribution in [0, 0.1) is 0 Å². The zero-order valence-corrected chi connectivity index (χ0v) is 11.3. The zero-order valence-electron chi connectivity index (χ0n) is 8.87. The summed E-state index contributed by atoms with van der Waals surface area (Å²) in [5, 5.41) is 0. The molecule has 3 nitrogen and oxygen atoms in total. The van der Waals surface area contributed by atoms with Crippen molar-refractivity contribution in [3.05, 3.63) is 21.3 Å². The number of nitrogens with zero attached hydrogens (tertiary/aromatic N) is 2. The molecular formula is C10H12BrFN2OS. The van der Waals surface area contributed by atoms with Crippen LogP contribution in [0.25, 0.3) is 0 Å². The molecule has 0 atom stereocenters. The van der Waals surface area contributed by atoms with Crippen molar-refractivity contribution in [3.63, 3.8) is 0 Å². The number of aromatic nitrogens is 1. The van der Waals surface area contributed by atoms with Crippen LogP contribution in [-0.4, -0.2) is 29.5 Å². The van der Waals surface area contributed by atoms with Gasteiger partial charge in [-0.15, -0.1) is 0 Å². The van der Waals surface area contributed by atoms with Gasteiger partial charge in [0.1, 0.15) is 5.83 Å². The Labute approximate surface area is 106 Å². The van der Waals surface area contributed by atoms with Crippen LogP contribution in [0.4, 0.5) is 4.39 Å². The van der Waals surface area contributed by atoms with Gasteiger partial charge in [-0.1, -0.05) is 6.08 Å². The lowest BCUT2D eigenvalue weighted by molar-refractivity contribution is 0.261. The summed E-state index contributed by atoms with van der Waals surface area (Å²) in [4.78, 5) is 3.14. The predicted molar refractivity (Wildman–Crippen MR) is 65.5 cm³/mol. The van der Waals surface area contributed by atoms with Crippen LogP contribution in [0.15, 0.2) is 16.4 Å². The smallest absolute Gasteiger partial charge is 0.239 e. The second-order valence-corrected chi connectivity index (χ2v) is 5.23. The van der Waals surface area contributed by atoms with E-state index in [0.29, 0.717) is 19.0 Å². The molecule has 1 aromatic rings. The average Bonchev–Trinajstić information content (AvgIpc) is 2.60. The fourth-order valence-electron chi connectivity index (χ4n) is 1.62. The minimum Gasteiger partial charge on any atom is -0.480 e. The Bertz CT molecular complexity index is 408. The van der Waals surface area contributed by atoms with Crippen molar-refractivity contribution < 1.29 is 9.13 Å². The van der Waals surface area contributed by atoms with Crippen molar-refractivity contribution in [3.8, 4) is 5.88 Å². The highest BCUT2D eigenvalue weighted by molar-refractivity contribution is 9.10. The lowest BCUT2D eigenvalue weighted by atomic mass is 10.2. The van der Waals surface area contributed by atoms with Crippen molar-refractivity contribution in [1.29, 1.82) is 0 Å². The van der Waals surface area contributed by atoms with Crippen LogP contribution in [0.3, 0.4) is 0 Å². The molecule has 0 aromatic carbocycles. The Morgan fingerprint density at radius 1 is 1.69 bits per heavy atom. The van der Waals surface area contributed by atoms with Gasteiger partial charge in [-0.05, 0) is 33.9 Å². The summed E-state index contributed by atoms with van der Waals surface area (Å²) in [5.74, 6) is 0.562. The van der Waals surface area contributed by atoms with Gasteiger partial charge in [0, 0.05) is 13.1 Å². The quantitative estimate of drug-likeness (QED) is 0.858. The molecule has 1 aliphatic heterocycles. The fourth-order valence-corrected chi connectivity index (χ4v) is 3.10. The molecule has 0 spiro atoms. The highest BCUT2D eigenvalue weighted by Gasteiger charge is 2.17. The molecule has 0 unspecified atom stereocenters. The first kappa shape index (κ1) is 12.0. The van der Waals surface area contributed by atoms with E-state index < -0.39 is 0 Å². The molecule has 16 heavy (non-hydrogen) atoms. The van der Waals surface area contributed by atoms with Gasteiger partial charge in [0.05, 0.1) is 23.0 Å². The number of hydrogen-bond donors (Lipinski definition) is 0. The highest BCUT2D eigenvalue weighted by Crippen LogP contribution is 2.32. The van der Waals surface area contributed by atoms with Gasteiger partial charge in [0.2, 0.25) is 5.88 Å². The monoisotopic (exact) mass is 306 g/mol. The lowest BCUT2D eigenvalue weighted by Crippen LogP contribution is -2.28. The molecule has 0 bridgehead atoms.